The number of para-hydroxylation sites is 1. The number of aromatic nitrogens is 2. The van der Waals surface area contributed by atoms with E-state index in [-0.39, 0.29) is 25.5 Å². The molecule has 229 valence electrons. The zero-order valence-electron chi connectivity index (χ0n) is 27.1. The van der Waals surface area contributed by atoms with Crippen molar-refractivity contribution >= 4 is 35.2 Å². The molecule has 0 aliphatic heterocycles. The average Bonchev–Trinajstić information content (AvgIpc) is 3.41. The van der Waals surface area contributed by atoms with Crippen molar-refractivity contribution < 1.29 is 24.5 Å². The Balaban J connectivity index is 0.000000264. The van der Waals surface area contributed by atoms with E-state index in [1.807, 2.05) is 49.5 Å². The van der Waals surface area contributed by atoms with Gasteiger partial charge in [0, 0.05) is 46.0 Å². The van der Waals surface area contributed by atoms with Gasteiger partial charge < -0.3 is 14.4 Å². The number of benzene rings is 3. The summed E-state index contributed by atoms with van der Waals surface area (Å²) in [5.41, 5.74) is 9.67. The van der Waals surface area contributed by atoms with Gasteiger partial charge in [-0.1, -0.05) is 93.3 Å². The van der Waals surface area contributed by atoms with Crippen LogP contribution >= 0.6 is 0 Å². The van der Waals surface area contributed by atoms with Gasteiger partial charge in [-0.2, -0.15) is 0 Å². The molecule has 0 bridgehead atoms. The number of pyridine rings is 2. The molecule has 0 unspecified atom stereocenters. The fourth-order valence-corrected chi connectivity index (χ4v) is 7.05. The van der Waals surface area contributed by atoms with Gasteiger partial charge >= 0.3 is 0 Å². The molecule has 0 spiro atoms. The molecule has 0 atom stereocenters. The van der Waals surface area contributed by atoms with Crippen LogP contribution in [0.4, 0.5) is 0 Å². The Hall–Kier alpha value is -3.37. The van der Waals surface area contributed by atoms with Crippen LogP contribution in [0.1, 0.15) is 50.3 Å². The summed E-state index contributed by atoms with van der Waals surface area (Å²) in [5.74, 6) is 0. The van der Waals surface area contributed by atoms with Gasteiger partial charge in [0.2, 0.25) is 0 Å². The van der Waals surface area contributed by atoms with Crippen molar-refractivity contribution in [3.8, 4) is 22.5 Å². The molecule has 6 rings (SSSR count). The van der Waals surface area contributed by atoms with Crippen LogP contribution in [0.2, 0.25) is 19.6 Å². The van der Waals surface area contributed by atoms with E-state index < -0.39 is 8.07 Å². The number of rotatable bonds is 6. The second-order valence-corrected chi connectivity index (χ2v) is 17.8. The van der Waals surface area contributed by atoms with E-state index in [4.69, 9.17) is 9.40 Å². The third-order valence-electron chi connectivity index (χ3n) is 8.73. The summed E-state index contributed by atoms with van der Waals surface area (Å²) in [5, 5.41) is 3.83. The summed E-state index contributed by atoms with van der Waals surface area (Å²) in [6, 6.07) is 31.5. The standard InChI is InChI=1S/C27H32NOSi.C12H10N.Ir/c1-8-27(4,9-2)19-16-18(3)25(28-17-19)21-14-15-23(30(5,6)7)24-20-12-10-11-13-22(20)29-26(21)24;1-10-7-8-12(13-9-10)11-5-3-2-4-6-11;/h10-13,15-17H,8-9H2,1-7H3;2-5,7-9H,1H3;/q2*-1;. The van der Waals surface area contributed by atoms with Gasteiger partial charge in [-0.25, -0.2) is 0 Å². The number of hydrogen-bond acceptors (Lipinski definition) is 3. The third kappa shape index (κ3) is 6.81. The van der Waals surface area contributed by atoms with Gasteiger partial charge in [-0.15, -0.1) is 53.2 Å². The fourth-order valence-electron chi connectivity index (χ4n) is 5.54. The Morgan fingerprint density at radius 2 is 1.59 bits per heavy atom. The van der Waals surface area contributed by atoms with Crippen LogP contribution in [0, 0.1) is 26.0 Å². The van der Waals surface area contributed by atoms with Crippen LogP contribution in [0.3, 0.4) is 0 Å². The van der Waals surface area contributed by atoms with Crippen molar-refractivity contribution in [1.29, 1.82) is 0 Å². The van der Waals surface area contributed by atoms with E-state index in [1.54, 1.807) is 0 Å². The zero-order chi connectivity index (χ0) is 30.8. The van der Waals surface area contributed by atoms with Gasteiger partial charge in [0.15, 0.2) is 0 Å². The molecule has 0 N–H and O–H groups in total. The predicted octanol–water partition coefficient (Wildman–Crippen LogP) is 10.2. The molecule has 1 radical (unpaired) electrons. The van der Waals surface area contributed by atoms with Gasteiger partial charge in [0.25, 0.3) is 0 Å². The molecule has 0 fully saturated rings. The fraction of sp³-hybridized carbons (Fsp3) is 0.282. The second kappa shape index (κ2) is 13.7. The smallest absolute Gasteiger partial charge is 0.120 e. The van der Waals surface area contributed by atoms with E-state index in [2.05, 4.69) is 107 Å². The summed E-state index contributed by atoms with van der Waals surface area (Å²) in [6.07, 6.45) is 6.14. The second-order valence-electron chi connectivity index (χ2n) is 12.8. The molecule has 3 nitrogen and oxygen atoms in total. The first-order valence-corrected chi connectivity index (χ1v) is 18.8. The van der Waals surface area contributed by atoms with E-state index in [0.29, 0.717) is 0 Å². The van der Waals surface area contributed by atoms with E-state index in [0.717, 1.165) is 46.5 Å². The quantitative estimate of drug-likeness (QED) is 0.125. The van der Waals surface area contributed by atoms with E-state index >= 15 is 0 Å². The molecule has 44 heavy (non-hydrogen) atoms. The van der Waals surface area contributed by atoms with Gasteiger partial charge in [0.1, 0.15) is 5.58 Å². The van der Waals surface area contributed by atoms with Crippen LogP contribution in [0.25, 0.3) is 44.5 Å². The molecular formula is C39H42IrN2OSi-2. The first-order valence-electron chi connectivity index (χ1n) is 15.3. The van der Waals surface area contributed by atoms with Crippen LogP contribution in [-0.2, 0) is 25.5 Å². The Morgan fingerprint density at radius 1 is 0.864 bits per heavy atom. The molecule has 0 aliphatic rings. The topological polar surface area (TPSA) is 38.9 Å². The maximum Gasteiger partial charge on any atom is 0.120 e. The summed E-state index contributed by atoms with van der Waals surface area (Å²) in [6.45, 7) is 18.2. The summed E-state index contributed by atoms with van der Waals surface area (Å²) >= 11 is 0. The van der Waals surface area contributed by atoms with Crippen LogP contribution in [0.15, 0.2) is 89.6 Å². The molecule has 3 aromatic carbocycles. The number of furan rings is 1. The molecular weight excluding hydrogens is 733 g/mol. The van der Waals surface area contributed by atoms with Gasteiger partial charge in [-0.3, -0.25) is 0 Å². The van der Waals surface area contributed by atoms with Crippen LogP contribution in [0.5, 0.6) is 0 Å². The monoisotopic (exact) mass is 775 g/mol. The SMILES string of the molecule is CCC(C)(CC)c1cnc(-c2[c-]cc([Si](C)(C)C)c3c2oc2ccccc23)c(C)c1.Cc1ccc(-c2[c-]cccc2)nc1.[Ir]. The normalized spacial score (nSPS) is 11.6. The van der Waals surface area contributed by atoms with Gasteiger partial charge in [-0.05, 0) is 60.7 Å². The number of hydrogen-bond donors (Lipinski definition) is 0. The largest absolute Gasteiger partial charge is 0.501 e. The number of aryl methyl sites for hydroxylation is 2. The molecule has 0 amide bonds. The molecule has 3 heterocycles. The number of fused-ring (bicyclic) bond motifs is 3. The Kier molecular flexibility index (Phi) is 10.5. The Bertz CT molecular complexity index is 1850. The van der Waals surface area contributed by atoms with Crippen LogP contribution < -0.4 is 5.19 Å². The maximum atomic E-state index is 6.42. The first-order chi connectivity index (χ1) is 20.6. The molecule has 0 aliphatic carbocycles. The van der Waals surface area contributed by atoms with Crippen molar-refractivity contribution in [3.05, 3.63) is 114 Å². The summed E-state index contributed by atoms with van der Waals surface area (Å²) < 4.78 is 6.42. The van der Waals surface area contributed by atoms with Crippen molar-refractivity contribution in [2.45, 2.75) is 72.5 Å². The average molecular weight is 775 g/mol. The van der Waals surface area contributed by atoms with Crippen molar-refractivity contribution in [1.82, 2.24) is 9.97 Å². The maximum absolute atomic E-state index is 6.42. The molecule has 5 heteroatoms. The molecule has 6 aromatic rings. The molecule has 3 aromatic heterocycles. The van der Waals surface area contributed by atoms with E-state index in [9.17, 15) is 0 Å². The summed E-state index contributed by atoms with van der Waals surface area (Å²) in [7, 11) is -1.57. The first kappa shape index (κ1) is 33.5. The Morgan fingerprint density at radius 3 is 2.20 bits per heavy atom. The van der Waals surface area contributed by atoms with E-state index in [1.165, 1.54) is 32.6 Å². The van der Waals surface area contributed by atoms with Gasteiger partial charge in [0.05, 0.1) is 5.58 Å². The van der Waals surface area contributed by atoms with Crippen molar-refractivity contribution in [2.75, 3.05) is 0 Å². The molecule has 0 saturated carbocycles. The zero-order valence-corrected chi connectivity index (χ0v) is 30.5. The van der Waals surface area contributed by atoms with Crippen LogP contribution in [-0.4, -0.2) is 18.0 Å². The third-order valence-corrected chi connectivity index (χ3v) is 10.7. The number of nitrogens with zero attached hydrogens (tertiary/aromatic N) is 2. The molecule has 0 saturated heterocycles. The van der Waals surface area contributed by atoms with Crippen molar-refractivity contribution in [2.24, 2.45) is 0 Å². The van der Waals surface area contributed by atoms with Crippen molar-refractivity contribution in [3.63, 3.8) is 0 Å². The minimum absolute atomic E-state index is 0. The Labute approximate surface area is 277 Å². The minimum Gasteiger partial charge on any atom is -0.501 e. The minimum atomic E-state index is -1.57. The predicted molar refractivity (Wildman–Crippen MR) is 185 cm³/mol. The summed E-state index contributed by atoms with van der Waals surface area (Å²) in [4.78, 5) is 9.26.